The molecular formula is C17H19IN2O3. The fraction of sp³-hybridized carbons (Fsp3) is 0.235. The first-order chi connectivity index (χ1) is 10.9. The minimum atomic E-state index is -0.595. The van der Waals surface area contributed by atoms with E-state index in [2.05, 4.69) is 27.9 Å². The van der Waals surface area contributed by atoms with Crippen molar-refractivity contribution in [3.8, 4) is 5.75 Å². The lowest BCUT2D eigenvalue weighted by atomic mass is 10.1. The fourth-order valence-electron chi connectivity index (χ4n) is 2.24. The first-order valence-electron chi connectivity index (χ1n) is 7.12. The number of carbonyl (C=O) groups is 1. The Balaban J connectivity index is 2.26. The van der Waals surface area contributed by atoms with Gasteiger partial charge in [0.2, 0.25) is 0 Å². The number of amides is 2. The molecule has 0 aromatic heterocycles. The Hall–Kier alpha value is -1.80. The van der Waals surface area contributed by atoms with Gasteiger partial charge >= 0.3 is 6.03 Å². The molecule has 0 aliphatic heterocycles. The molecule has 0 aliphatic rings. The van der Waals surface area contributed by atoms with Crippen molar-refractivity contribution in [3.05, 3.63) is 56.7 Å². The molecule has 0 saturated carbocycles. The third-order valence-corrected chi connectivity index (χ3v) is 4.27. The molecule has 2 aromatic carbocycles. The lowest BCUT2D eigenvalue weighted by Gasteiger charge is -2.20. The van der Waals surface area contributed by atoms with E-state index in [4.69, 9.17) is 4.74 Å². The lowest BCUT2D eigenvalue weighted by molar-refractivity contribution is 0.205. The standard InChI is InChI=1S/C17H19IN2O3/c1-11-7-8-15(12(2)9-11)23-10-13-5-4-6-14(18)16(13)20(22)17(21)19-3/h4-9,22H,10H2,1-3H3,(H,19,21). The van der Waals surface area contributed by atoms with E-state index in [1.54, 1.807) is 0 Å². The van der Waals surface area contributed by atoms with E-state index < -0.39 is 6.03 Å². The number of urea groups is 1. The van der Waals surface area contributed by atoms with Crippen LogP contribution in [-0.4, -0.2) is 18.3 Å². The van der Waals surface area contributed by atoms with Gasteiger partial charge in [0.1, 0.15) is 12.4 Å². The van der Waals surface area contributed by atoms with Gasteiger partial charge in [-0.2, -0.15) is 5.06 Å². The van der Waals surface area contributed by atoms with Crippen LogP contribution in [0.1, 0.15) is 16.7 Å². The largest absolute Gasteiger partial charge is 0.489 e. The normalized spacial score (nSPS) is 10.3. The smallest absolute Gasteiger partial charge is 0.345 e. The topological polar surface area (TPSA) is 61.8 Å². The van der Waals surface area contributed by atoms with E-state index in [0.29, 0.717) is 10.8 Å². The van der Waals surface area contributed by atoms with E-state index in [9.17, 15) is 10.0 Å². The number of hydrogen-bond donors (Lipinski definition) is 2. The summed E-state index contributed by atoms with van der Waals surface area (Å²) in [6.45, 7) is 4.27. The summed E-state index contributed by atoms with van der Waals surface area (Å²) in [6, 6.07) is 10.9. The maximum absolute atomic E-state index is 11.7. The van der Waals surface area contributed by atoms with Crippen LogP contribution in [0.2, 0.25) is 0 Å². The first kappa shape index (κ1) is 17.6. The molecule has 23 heavy (non-hydrogen) atoms. The number of rotatable bonds is 4. The second-order valence-electron chi connectivity index (χ2n) is 5.17. The number of anilines is 1. The van der Waals surface area contributed by atoms with E-state index in [1.165, 1.54) is 12.6 Å². The van der Waals surface area contributed by atoms with Gasteiger partial charge in [0, 0.05) is 16.2 Å². The van der Waals surface area contributed by atoms with Gasteiger partial charge in [-0.3, -0.25) is 5.21 Å². The fourth-order valence-corrected chi connectivity index (χ4v) is 3.02. The lowest BCUT2D eigenvalue weighted by Crippen LogP contribution is -2.36. The molecule has 2 N–H and O–H groups in total. The monoisotopic (exact) mass is 426 g/mol. The van der Waals surface area contributed by atoms with Gasteiger partial charge in [-0.15, -0.1) is 0 Å². The van der Waals surface area contributed by atoms with E-state index >= 15 is 0 Å². The molecule has 5 nitrogen and oxygen atoms in total. The number of benzene rings is 2. The number of hydrogen-bond acceptors (Lipinski definition) is 3. The Bertz CT molecular complexity index is 719. The van der Waals surface area contributed by atoms with Gasteiger partial charge in [-0.25, -0.2) is 4.79 Å². The van der Waals surface area contributed by atoms with Crippen molar-refractivity contribution in [3.63, 3.8) is 0 Å². The van der Waals surface area contributed by atoms with Crippen LogP contribution in [0.15, 0.2) is 36.4 Å². The number of para-hydroxylation sites is 1. The van der Waals surface area contributed by atoms with Crippen molar-refractivity contribution in [2.75, 3.05) is 12.1 Å². The van der Waals surface area contributed by atoms with Gasteiger partial charge in [-0.1, -0.05) is 29.8 Å². The molecule has 6 heteroatoms. The van der Waals surface area contributed by atoms with Crippen molar-refractivity contribution >= 4 is 34.3 Å². The number of nitrogens with one attached hydrogen (secondary N) is 1. The van der Waals surface area contributed by atoms with E-state index in [0.717, 1.165) is 20.4 Å². The summed E-state index contributed by atoms with van der Waals surface area (Å²) in [6.07, 6.45) is 0. The van der Waals surface area contributed by atoms with Crippen molar-refractivity contribution in [1.29, 1.82) is 0 Å². The third kappa shape index (κ3) is 4.14. The second kappa shape index (κ2) is 7.65. The highest BCUT2D eigenvalue weighted by Gasteiger charge is 2.19. The molecule has 2 rings (SSSR count). The zero-order valence-electron chi connectivity index (χ0n) is 13.3. The van der Waals surface area contributed by atoms with Crippen LogP contribution >= 0.6 is 22.6 Å². The average molecular weight is 426 g/mol. The summed E-state index contributed by atoms with van der Waals surface area (Å²) in [5, 5.41) is 13.1. The minimum Gasteiger partial charge on any atom is -0.489 e. The van der Waals surface area contributed by atoms with Gasteiger partial charge in [0.05, 0.1) is 5.69 Å². The molecule has 122 valence electrons. The zero-order chi connectivity index (χ0) is 17.0. The van der Waals surface area contributed by atoms with Crippen molar-refractivity contribution < 1.29 is 14.7 Å². The van der Waals surface area contributed by atoms with Crippen LogP contribution in [0.3, 0.4) is 0 Å². The van der Waals surface area contributed by atoms with Gasteiger partial charge < -0.3 is 10.1 Å². The van der Waals surface area contributed by atoms with E-state index in [-0.39, 0.29) is 6.61 Å². The summed E-state index contributed by atoms with van der Waals surface area (Å²) in [5.41, 5.74) is 3.37. The van der Waals surface area contributed by atoms with Gasteiger partial charge in [0.25, 0.3) is 0 Å². The Labute approximate surface area is 149 Å². The molecule has 0 bridgehead atoms. The van der Waals surface area contributed by atoms with Gasteiger partial charge in [-0.05, 0) is 54.1 Å². The van der Waals surface area contributed by atoms with Crippen LogP contribution in [0, 0.1) is 17.4 Å². The second-order valence-corrected chi connectivity index (χ2v) is 6.33. The van der Waals surface area contributed by atoms with Crippen molar-refractivity contribution in [1.82, 2.24) is 5.32 Å². The van der Waals surface area contributed by atoms with Crippen LogP contribution in [0.5, 0.6) is 5.75 Å². The van der Waals surface area contributed by atoms with E-state index in [1.807, 2.05) is 50.2 Å². The van der Waals surface area contributed by atoms with Crippen LogP contribution in [0.25, 0.3) is 0 Å². The van der Waals surface area contributed by atoms with Crippen molar-refractivity contribution in [2.24, 2.45) is 0 Å². The molecule has 0 heterocycles. The van der Waals surface area contributed by atoms with Crippen LogP contribution in [-0.2, 0) is 6.61 Å². The molecule has 0 unspecified atom stereocenters. The highest BCUT2D eigenvalue weighted by molar-refractivity contribution is 14.1. The summed E-state index contributed by atoms with van der Waals surface area (Å²) >= 11 is 2.08. The van der Waals surface area contributed by atoms with Crippen LogP contribution < -0.4 is 15.1 Å². The van der Waals surface area contributed by atoms with Gasteiger partial charge in [0.15, 0.2) is 0 Å². The SMILES string of the molecule is CNC(=O)N(O)c1c(I)cccc1COc1ccc(C)cc1C. The first-order valence-corrected chi connectivity index (χ1v) is 8.20. The number of hydroxylamine groups is 1. The Kier molecular flexibility index (Phi) is 5.84. The molecule has 0 fully saturated rings. The third-order valence-electron chi connectivity index (χ3n) is 3.40. The molecule has 2 aromatic rings. The summed E-state index contributed by atoms with van der Waals surface area (Å²) < 4.78 is 6.62. The molecule has 2 amide bonds. The molecule has 0 atom stereocenters. The highest BCUT2D eigenvalue weighted by atomic mass is 127. The number of ether oxygens (including phenoxy) is 1. The minimum absolute atomic E-state index is 0.254. The highest BCUT2D eigenvalue weighted by Crippen LogP contribution is 2.28. The maximum Gasteiger partial charge on any atom is 0.345 e. The quantitative estimate of drug-likeness (QED) is 0.441. The Morgan fingerprint density at radius 1 is 1.30 bits per heavy atom. The predicted molar refractivity (Wildman–Crippen MR) is 98.1 cm³/mol. The number of halogens is 1. The molecule has 0 saturated heterocycles. The molecule has 0 aliphatic carbocycles. The summed E-state index contributed by atoms with van der Waals surface area (Å²) in [4.78, 5) is 11.7. The zero-order valence-corrected chi connectivity index (χ0v) is 15.4. The molecular weight excluding hydrogens is 407 g/mol. The summed E-state index contributed by atoms with van der Waals surface area (Å²) in [5.74, 6) is 0.782. The average Bonchev–Trinajstić information content (AvgIpc) is 2.52. The number of nitrogens with zero attached hydrogens (tertiary/aromatic N) is 1. The Morgan fingerprint density at radius 2 is 2.04 bits per heavy atom. The van der Waals surface area contributed by atoms with Crippen LogP contribution in [0.4, 0.5) is 10.5 Å². The number of carbonyl (C=O) groups excluding carboxylic acids is 1. The predicted octanol–water partition coefficient (Wildman–Crippen LogP) is 4.02. The molecule has 0 radical (unpaired) electrons. The van der Waals surface area contributed by atoms with Crippen molar-refractivity contribution in [2.45, 2.75) is 20.5 Å². The Morgan fingerprint density at radius 3 is 2.70 bits per heavy atom. The number of aryl methyl sites for hydroxylation is 2. The molecule has 0 spiro atoms. The summed E-state index contributed by atoms with van der Waals surface area (Å²) in [7, 11) is 1.47. The maximum atomic E-state index is 11.7.